The lowest BCUT2D eigenvalue weighted by Gasteiger charge is -2.32. The molecule has 0 aliphatic carbocycles. The first-order valence-electron chi connectivity index (χ1n) is 6.88. The van der Waals surface area contributed by atoms with Crippen LogP contribution in [0.25, 0.3) is 0 Å². The highest BCUT2D eigenvalue weighted by Crippen LogP contribution is 2.32. The lowest BCUT2D eigenvalue weighted by Crippen LogP contribution is -2.40. The highest BCUT2D eigenvalue weighted by molar-refractivity contribution is 9.13. The largest absolute Gasteiger partial charge is 0.451 e. The van der Waals surface area contributed by atoms with Gasteiger partial charge in [0.1, 0.15) is 5.76 Å². The van der Waals surface area contributed by atoms with E-state index in [1.54, 1.807) is 0 Å². The lowest BCUT2D eigenvalue weighted by molar-refractivity contribution is 0.146. The van der Waals surface area contributed by atoms with Crippen molar-refractivity contribution in [1.82, 2.24) is 9.80 Å². The van der Waals surface area contributed by atoms with Crippen molar-refractivity contribution in [2.45, 2.75) is 19.9 Å². The number of nitrogens with two attached hydrogens (primary N) is 1. The van der Waals surface area contributed by atoms with Crippen molar-refractivity contribution in [3.05, 3.63) is 21.0 Å². The van der Waals surface area contributed by atoms with Crippen LogP contribution in [0.15, 0.2) is 19.6 Å². The van der Waals surface area contributed by atoms with Crippen LogP contribution >= 0.6 is 31.9 Å². The van der Waals surface area contributed by atoms with Crippen molar-refractivity contribution < 1.29 is 4.42 Å². The van der Waals surface area contributed by atoms with Crippen LogP contribution in [0.3, 0.4) is 0 Å². The van der Waals surface area contributed by atoms with E-state index in [0.717, 1.165) is 34.5 Å². The zero-order chi connectivity index (χ0) is 15.3. The Kier molecular flexibility index (Phi) is 7.75. The summed E-state index contributed by atoms with van der Waals surface area (Å²) in [5, 5.41) is 0. The third kappa shape index (κ3) is 5.48. The Bertz CT molecular complexity index is 388. The van der Waals surface area contributed by atoms with Crippen LogP contribution in [0, 0.1) is 5.92 Å². The van der Waals surface area contributed by atoms with Gasteiger partial charge in [0.25, 0.3) is 0 Å². The summed E-state index contributed by atoms with van der Waals surface area (Å²) in [5.41, 5.74) is 6.00. The van der Waals surface area contributed by atoms with Crippen LogP contribution in [-0.4, -0.2) is 50.1 Å². The van der Waals surface area contributed by atoms with E-state index < -0.39 is 0 Å². The molecule has 1 aromatic heterocycles. The van der Waals surface area contributed by atoms with Gasteiger partial charge < -0.3 is 15.1 Å². The van der Waals surface area contributed by atoms with Gasteiger partial charge in [-0.1, -0.05) is 13.8 Å². The molecule has 1 rings (SSSR count). The van der Waals surface area contributed by atoms with Gasteiger partial charge in [-0.2, -0.15) is 0 Å². The smallest absolute Gasteiger partial charge is 0.183 e. The number of nitrogens with zero attached hydrogens (tertiary/aromatic N) is 2. The summed E-state index contributed by atoms with van der Waals surface area (Å²) in [6.45, 7) is 7.99. The fourth-order valence-corrected chi connectivity index (χ4v) is 2.75. The minimum Gasteiger partial charge on any atom is -0.451 e. The molecule has 1 heterocycles. The molecule has 6 heteroatoms. The molecular formula is C14H25Br2N3O. The molecule has 2 N–H and O–H groups in total. The highest BCUT2D eigenvalue weighted by Gasteiger charge is 2.24. The van der Waals surface area contributed by atoms with Crippen LogP contribution in [0.5, 0.6) is 0 Å². The summed E-state index contributed by atoms with van der Waals surface area (Å²) >= 11 is 6.86. The van der Waals surface area contributed by atoms with E-state index in [1.807, 2.05) is 6.07 Å². The molecule has 0 radical (unpaired) electrons. The average Bonchev–Trinajstić information content (AvgIpc) is 2.66. The Hall–Kier alpha value is 0.120. The van der Waals surface area contributed by atoms with E-state index in [0.29, 0.717) is 12.5 Å². The monoisotopic (exact) mass is 409 g/mol. The molecule has 0 saturated carbocycles. The molecule has 0 fully saturated rings. The number of furan rings is 1. The van der Waals surface area contributed by atoms with E-state index in [-0.39, 0.29) is 6.04 Å². The highest BCUT2D eigenvalue weighted by atomic mass is 79.9. The molecule has 0 aromatic carbocycles. The maximum absolute atomic E-state index is 6.00. The molecule has 20 heavy (non-hydrogen) atoms. The van der Waals surface area contributed by atoms with Crippen molar-refractivity contribution in [1.29, 1.82) is 0 Å². The topological polar surface area (TPSA) is 45.6 Å². The molecule has 0 aliphatic rings. The molecule has 1 aromatic rings. The Balaban J connectivity index is 2.88. The number of hydrogen-bond donors (Lipinski definition) is 1. The zero-order valence-corrected chi connectivity index (χ0v) is 15.9. The molecule has 116 valence electrons. The predicted molar refractivity (Wildman–Crippen MR) is 90.9 cm³/mol. The first kappa shape index (κ1) is 18.2. The summed E-state index contributed by atoms with van der Waals surface area (Å²) in [6, 6.07) is 2.12. The quantitative estimate of drug-likeness (QED) is 0.713. The number of halogens is 2. The minimum atomic E-state index is 0.111. The molecule has 0 spiro atoms. The van der Waals surface area contributed by atoms with Crippen molar-refractivity contribution in [3.8, 4) is 0 Å². The second kappa shape index (κ2) is 8.54. The Morgan fingerprint density at radius 3 is 2.30 bits per heavy atom. The first-order chi connectivity index (χ1) is 9.35. The average molecular weight is 411 g/mol. The van der Waals surface area contributed by atoms with E-state index in [2.05, 4.69) is 69.6 Å². The van der Waals surface area contributed by atoms with Gasteiger partial charge in [0, 0.05) is 26.2 Å². The third-order valence-corrected chi connectivity index (χ3v) is 4.80. The predicted octanol–water partition coefficient (Wildman–Crippen LogP) is 3.32. The van der Waals surface area contributed by atoms with Gasteiger partial charge >= 0.3 is 0 Å². The molecule has 4 nitrogen and oxygen atoms in total. The van der Waals surface area contributed by atoms with Gasteiger partial charge in [0.15, 0.2) is 4.67 Å². The van der Waals surface area contributed by atoms with Crippen LogP contribution < -0.4 is 5.73 Å². The fourth-order valence-electron chi connectivity index (χ4n) is 2.14. The van der Waals surface area contributed by atoms with Gasteiger partial charge in [0.05, 0.1) is 10.5 Å². The van der Waals surface area contributed by atoms with E-state index in [4.69, 9.17) is 10.2 Å². The SMILES string of the molecule is CC(C)CN(CCN(C)C)C(CN)c1cc(Br)c(Br)o1. The minimum absolute atomic E-state index is 0.111. The first-order valence-corrected chi connectivity index (χ1v) is 8.47. The Morgan fingerprint density at radius 1 is 1.25 bits per heavy atom. The van der Waals surface area contributed by atoms with Gasteiger partial charge in [-0.25, -0.2) is 0 Å². The summed E-state index contributed by atoms with van der Waals surface area (Å²) in [6.07, 6.45) is 0. The second-order valence-corrected chi connectivity index (χ2v) is 7.29. The number of rotatable bonds is 8. The summed E-state index contributed by atoms with van der Waals surface area (Å²) in [5.74, 6) is 1.50. The third-order valence-electron chi connectivity index (χ3n) is 3.09. The number of hydrogen-bond acceptors (Lipinski definition) is 4. The summed E-state index contributed by atoms with van der Waals surface area (Å²) in [7, 11) is 4.18. The Morgan fingerprint density at radius 2 is 1.90 bits per heavy atom. The molecule has 1 unspecified atom stereocenters. The Labute approximate surface area is 138 Å². The van der Waals surface area contributed by atoms with E-state index >= 15 is 0 Å². The maximum Gasteiger partial charge on any atom is 0.183 e. The van der Waals surface area contributed by atoms with E-state index in [9.17, 15) is 0 Å². The van der Waals surface area contributed by atoms with Crippen LogP contribution in [0.4, 0.5) is 0 Å². The summed E-state index contributed by atoms with van der Waals surface area (Å²) < 4.78 is 7.43. The van der Waals surface area contributed by atoms with Gasteiger partial charge in [-0.05, 0) is 57.9 Å². The number of likely N-dealkylation sites (N-methyl/N-ethyl adjacent to an activating group) is 1. The summed E-state index contributed by atoms with van der Waals surface area (Å²) in [4.78, 5) is 4.59. The van der Waals surface area contributed by atoms with Crippen molar-refractivity contribution in [2.75, 3.05) is 40.3 Å². The molecular weight excluding hydrogens is 386 g/mol. The van der Waals surface area contributed by atoms with Crippen LogP contribution in [-0.2, 0) is 0 Å². The van der Waals surface area contributed by atoms with Crippen LogP contribution in [0.2, 0.25) is 0 Å². The van der Waals surface area contributed by atoms with Gasteiger partial charge in [-0.15, -0.1) is 0 Å². The molecule has 1 atom stereocenters. The fraction of sp³-hybridized carbons (Fsp3) is 0.714. The standard InChI is InChI=1S/C14H25Br2N3O/c1-10(2)9-19(6-5-18(3)4)12(8-17)13-7-11(15)14(16)20-13/h7,10,12H,5-6,8-9,17H2,1-4H3. The van der Waals surface area contributed by atoms with Gasteiger partial charge in [0.2, 0.25) is 0 Å². The van der Waals surface area contributed by atoms with Crippen molar-refractivity contribution in [2.24, 2.45) is 11.7 Å². The van der Waals surface area contributed by atoms with Gasteiger partial charge in [-0.3, -0.25) is 4.90 Å². The maximum atomic E-state index is 6.00. The molecule has 0 amide bonds. The van der Waals surface area contributed by atoms with Crippen molar-refractivity contribution in [3.63, 3.8) is 0 Å². The second-order valence-electron chi connectivity index (χ2n) is 5.71. The molecule has 0 bridgehead atoms. The molecule has 0 aliphatic heterocycles. The van der Waals surface area contributed by atoms with Crippen LogP contribution in [0.1, 0.15) is 25.6 Å². The zero-order valence-electron chi connectivity index (χ0n) is 12.7. The van der Waals surface area contributed by atoms with Crippen molar-refractivity contribution >= 4 is 31.9 Å². The normalized spacial score (nSPS) is 13.7. The lowest BCUT2D eigenvalue weighted by atomic mass is 10.1. The molecule has 0 saturated heterocycles. The van der Waals surface area contributed by atoms with E-state index in [1.165, 1.54) is 0 Å².